The molecule has 0 saturated carbocycles. The molecule has 0 bridgehead atoms. The van der Waals surface area contributed by atoms with Gasteiger partial charge in [0.25, 0.3) is 5.79 Å². The Morgan fingerprint density at radius 2 is 1.29 bits per heavy atom. The summed E-state index contributed by atoms with van der Waals surface area (Å²) in [6, 6.07) is 0. The van der Waals surface area contributed by atoms with Gasteiger partial charge in [0.05, 0.1) is 12.2 Å². The normalized spacial score (nSPS) is 59.0. The van der Waals surface area contributed by atoms with Crippen molar-refractivity contribution < 1.29 is 45.2 Å². The first-order valence-corrected chi connectivity index (χ1v) is 6.73. The summed E-state index contributed by atoms with van der Waals surface area (Å²) in [6.45, 7) is 2.69. The van der Waals surface area contributed by atoms with Crippen LogP contribution in [0.15, 0.2) is 0 Å². The maximum Gasteiger partial charge on any atom is 0.260 e. The average Bonchev–Trinajstić information content (AvgIpc) is 2.44. The van der Waals surface area contributed by atoms with Crippen molar-refractivity contribution in [3.05, 3.63) is 0 Å². The minimum absolute atomic E-state index is 0.991. The molecular weight excluding hydrogens is 288 g/mol. The van der Waals surface area contributed by atoms with Crippen LogP contribution >= 0.6 is 0 Å². The lowest BCUT2D eigenvalue weighted by molar-refractivity contribution is -0.418. The van der Waals surface area contributed by atoms with Gasteiger partial charge in [-0.1, -0.05) is 0 Å². The minimum atomic E-state index is -2.80. The quantitative estimate of drug-likeness (QED) is 0.291. The van der Waals surface area contributed by atoms with Gasteiger partial charge in [-0.2, -0.15) is 5.11 Å². The van der Waals surface area contributed by atoms with E-state index in [1.807, 2.05) is 0 Å². The fourth-order valence-corrected chi connectivity index (χ4v) is 2.75. The van der Waals surface area contributed by atoms with Gasteiger partial charge in [-0.25, -0.2) is 0 Å². The van der Waals surface area contributed by atoms with Crippen LogP contribution in [-0.4, -0.2) is 91.4 Å². The fourth-order valence-electron chi connectivity index (χ4n) is 2.75. The zero-order valence-electron chi connectivity index (χ0n) is 11.6. The highest BCUT2D eigenvalue weighted by atomic mass is 16.7. The number of aliphatic hydroxyl groups is 6. The summed E-state index contributed by atoms with van der Waals surface area (Å²) >= 11 is 0. The van der Waals surface area contributed by atoms with Crippen LogP contribution in [-0.2, 0) is 14.6 Å². The number of hydrogen-bond donors (Lipinski definition) is 6. The number of ether oxygens (including phenoxy) is 2. The molecule has 2 heterocycles. The van der Waals surface area contributed by atoms with Crippen LogP contribution in [0.25, 0.3) is 0 Å². The molecule has 10 atom stereocenters. The lowest BCUT2D eigenvalue weighted by atomic mass is 9.83. The zero-order valence-corrected chi connectivity index (χ0v) is 11.6. The van der Waals surface area contributed by atoms with Gasteiger partial charge in [-0.15, -0.1) is 0 Å². The molecule has 0 spiro atoms. The second-order valence-electron chi connectivity index (χ2n) is 5.70. The summed E-state index contributed by atoms with van der Waals surface area (Å²) in [5.74, 6) is -2.80. The Bertz CT molecular complexity index is 380. The van der Waals surface area contributed by atoms with Gasteiger partial charge >= 0.3 is 0 Å². The van der Waals surface area contributed by atoms with E-state index >= 15 is 0 Å². The zero-order chi connectivity index (χ0) is 16.1. The van der Waals surface area contributed by atoms with E-state index in [2.05, 4.69) is 0 Å². The molecule has 0 amide bonds. The van der Waals surface area contributed by atoms with E-state index in [9.17, 15) is 35.7 Å². The predicted octanol–water partition coefficient (Wildman–Crippen LogP) is -3.52. The summed E-state index contributed by atoms with van der Waals surface area (Å²) in [7, 11) is 0. The highest BCUT2D eigenvalue weighted by Crippen LogP contribution is 2.37. The maximum absolute atomic E-state index is 12.8. The van der Waals surface area contributed by atoms with Crippen molar-refractivity contribution in [1.82, 2.24) is 0 Å². The minimum Gasteiger partial charge on any atom is -0.388 e. The van der Waals surface area contributed by atoms with Crippen LogP contribution in [0.4, 0.5) is 0 Å². The van der Waals surface area contributed by atoms with Crippen molar-refractivity contribution in [2.75, 3.05) is 0 Å². The largest absolute Gasteiger partial charge is 0.388 e. The van der Waals surface area contributed by atoms with Gasteiger partial charge in [0.15, 0.2) is 0 Å². The number of hydrogen-bond acceptors (Lipinski definition) is 8. The summed E-state index contributed by atoms with van der Waals surface area (Å²) in [5, 5.41) is 71.3. The first-order chi connectivity index (χ1) is 9.61. The highest BCUT2D eigenvalue weighted by molar-refractivity contribution is 5.04. The van der Waals surface area contributed by atoms with E-state index in [-0.39, 0.29) is 0 Å². The Morgan fingerprint density at radius 1 is 0.762 bits per heavy atom. The van der Waals surface area contributed by atoms with Crippen LogP contribution in [0.1, 0.15) is 13.8 Å². The second-order valence-corrected chi connectivity index (χ2v) is 5.70. The lowest BCUT2D eigenvalue weighted by Gasteiger charge is -2.50. The SMILES string of the molecule is C[C@H]1OC(C2([O])O[C@H](C)[C@@H](O)[C@H](O)[C@@H]2O)[C@@H](O)[C@@H](O)[C@@H]1O. The molecule has 2 saturated heterocycles. The molecule has 9 heteroatoms. The third kappa shape index (κ3) is 2.58. The van der Waals surface area contributed by atoms with Gasteiger partial charge in [0.1, 0.15) is 42.7 Å². The molecule has 0 aromatic heterocycles. The summed E-state index contributed by atoms with van der Waals surface area (Å²) in [5.41, 5.74) is 0. The highest BCUT2D eigenvalue weighted by Gasteiger charge is 2.62. The monoisotopic (exact) mass is 309 g/mol. The predicted molar refractivity (Wildman–Crippen MR) is 64.3 cm³/mol. The third-order valence-corrected chi connectivity index (χ3v) is 4.19. The van der Waals surface area contributed by atoms with Crippen LogP contribution in [0, 0.1) is 0 Å². The van der Waals surface area contributed by atoms with E-state index in [0.29, 0.717) is 0 Å². The van der Waals surface area contributed by atoms with Crippen LogP contribution < -0.4 is 0 Å². The number of aliphatic hydroxyl groups excluding tert-OH is 6. The van der Waals surface area contributed by atoms with Crippen LogP contribution in [0.5, 0.6) is 0 Å². The van der Waals surface area contributed by atoms with Gasteiger partial charge in [-0.05, 0) is 13.8 Å². The Balaban J connectivity index is 2.30. The molecule has 0 aromatic rings. The average molecular weight is 309 g/mol. The van der Waals surface area contributed by atoms with E-state index in [1.54, 1.807) is 0 Å². The molecular formula is C12H21O9. The molecule has 9 nitrogen and oxygen atoms in total. The Morgan fingerprint density at radius 3 is 1.86 bits per heavy atom. The lowest BCUT2D eigenvalue weighted by Crippen LogP contribution is -2.73. The standard InChI is InChI=1S/C12H21O9/c1-3-5(13)7(15)9(17)11(20-3)12(19)10(18)8(16)6(14)4(2)21-12/h3-11,13-18H,1-2H3/t3-,4-,5-,6-,7+,8+,9+,10+,11?,12?/m1/s1. The molecule has 6 N–H and O–H groups in total. The molecule has 0 aromatic carbocycles. The van der Waals surface area contributed by atoms with Gasteiger partial charge < -0.3 is 40.1 Å². The third-order valence-electron chi connectivity index (χ3n) is 4.19. The van der Waals surface area contributed by atoms with Crippen LogP contribution in [0.2, 0.25) is 0 Å². The van der Waals surface area contributed by atoms with Crippen molar-refractivity contribution in [3.8, 4) is 0 Å². The van der Waals surface area contributed by atoms with Crippen molar-refractivity contribution in [3.63, 3.8) is 0 Å². The molecule has 2 fully saturated rings. The molecule has 21 heavy (non-hydrogen) atoms. The molecule has 2 aliphatic rings. The molecule has 2 aliphatic heterocycles. The summed E-state index contributed by atoms with van der Waals surface area (Å²) in [4.78, 5) is 0. The van der Waals surface area contributed by atoms with Crippen LogP contribution in [0.3, 0.4) is 0 Å². The Kier molecular flexibility index (Phi) is 4.60. The summed E-state index contributed by atoms with van der Waals surface area (Å²) < 4.78 is 10.2. The summed E-state index contributed by atoms with van der Waals surface area (Å²) in [6.07, 6.45) is -14.1. The topological polar surface area (TPSA) is 160 Å². The van der Waals surface area contributed by atoms with E-state index < -0.39 is 60.7 Å². The molecule has 1 radical (unpaired) electrons. The fraction of sp³-hybridized carbons (Fsp3) is 1.00. The first kappa shape index (κ1) is 17.0. The van der Waals surface area contributed by atoms with Gasteiger partial charge in [0, 0.05) is 0 Å². The Hall–Kier alpha value is -0.360. The van der Waals surface area contributed by atoms with Gasteiger partial charge in [0.2, 0.25) is 0 Å². The van der Waals surface area contributed by atoms with Crippen molar-refractivity contribution in [2.24, 2.45) is 0 Å². The Labute approximate surface area is 121 Å². The van der Waals surface area contributed by atoms with Crippen molar-refractivity contribution >= 4 is 0 Å². The van der Waals surface area contributed by atoms with Gasteiger partial charge in [-0.3, -0.25) is 0 Å². The van der Waals surface area contributed by atoms with E-state index in [4.69, 9.17) is 9.47 Å². The molecule has 0 aliphatic carbocycles. The van der Waals surface area contributed by atoms with E-state index in [0.717, 1.165) is 0 Å². The van der Waals surface area contributed by atoms with Crippen molar-refractivity contribution in [1.29, 1.82) is 0 Å². The molecule has 2 unspecified atom stereocenters. The smallest absolute Gasteiger partial charge is 0.260 e. The van der Waals surface area contributed by atoms with E-state index in [1.165, 1.54) is 13.8 Å². The molecule has 123 valence electrons. The first-order valence-electron chi connectivity index (χ1n) is 6.73. The molecule has 2 rings (SSSR count). The van der Waals surface area contributed by atoms with Crippen molar-refractivity contribution in [2.45, 2.75) is 74.6 Å². The maximum atomic E-state index is 12.8. The number of rotatable bonds is 1. The second kappa shape index (κ2) is 5.69.